The van der Waals surface area contributed by atoms with E-state index < -0.39 is 5.82 Å². The van der Waals surface area contributed by atoms with Gasteiger partial charge in [-0.3, -0.25) is 0 Å². The van der Waals surface area contributed by atoms with E-state index in [1.807, 2.05) is 6.92 Å². The number of nitrogens with zero attached hydrogens (tertiary/aromatic N) is 3. The van der Waals surface area contributed by atoms with Gasteiger partial charge in [0.15, 0.2) is 11.6 Å². The van der Waals surface area contributed by atoms with Crippen molar-refractivity contribution in [2.45, 2.75) is 32.2 Å². The second kappa shape index (κ2) is 5.95. The summed E-state index contributed by atoms with van der Waals surface area (Å²) in [6.07, 6.45) is 4.91. The predicted octanol–water partition coefficient (Wildman–Crippen LogP) is 1.48. The number of nitrogen functional groups attached to an aromatic ring is 1. The quantitative estimate of drug-likeness (QED) is 0.851. The lowest BCUT2D eigenvalue weighted by Crippen LogP contribution is -2.38. The van der Waals surface area contributed by atoms with Crippen LogP contribution in [0.1, 0.15) is 26.2 Å². The maximum absolute atomic E-state index is 13.5. The lowest BCUT2D eigenvalue weighted by atomic mass is 10.1. The largest absolute Gasteiger partial charge is 0.368 e. The summed E-state index contributed by atoms with van der Waals surface area (Å²) in [7, 11) is 0. The summed E-state index contributed by atoms with van der Waals surface area (Å²) in [6.45, 7) is 5.16. The van der Waals surface area contributed by atoms with Crippen molar-refractivity contribution in [3.63, 3.8) is 0 Å². The van der Waals surface area contributed by atoms with Crippen LogP contribution in [0.25, 0.3) is 0 Å². The van der Waals surface area contributed by atoms with Gasteiger partial charge in [-0.15, -0.1) is 0 Å². The average Bonchev–Trinajstić information content (AvgIpc) is 2.35. The van der Waals surface area contributed by atoms with Gasteiger partial charge >= 0.3 is 0 Å². The standard InChI is InChI=1S/C12H20FN5/c1-9(8-18-5-3-2-4-6-18)16-11-10(13)7-15-12(14)17-11/h7,9H,2-6,8H2,1H3,(H3,14,15,16,17). The van der Waals surface area contributed by atoms with Crippen molar-refractivity contribution >= 4 is 11.8 Å². The van der Waals surface area contributed by atoms with Crippen molar-refractivity contribution in [2.24, 2.45) is 0 Å². The number of rotatable bonds is 4. The summed E-state index contributed by atoms with van der Waals surface area (Å²) >= 11 is 0. The predicted molar refractivity (Wildman–Crippen MR) is 69.8 cm³/mol. The monoisotopic (exact) mass is 253 g/mol. The highest BCUT2D eigenvalue weighted by Gasteiger charge is 2.15. The van der Waals surface area contributed by atoms with E-state index in [4.69, 9.17) is 5.73 Å². The van der Waals surface area contributed by atoms with Crippen molar-refractivity contribution in [1.29, 1.82) is 0 Å². The number of anilines is 2. The molecule has 1 aromatic rings. The van der Waals surface area contributed by atoms with Gasteiger partial charge in [-0.2, -0.15) is 4.98 Å². The van der Waals surface area contributed by atoms with Gasteiger partial charge in [0.05, 0.1) is 6.20 Å². The highest BCUT2D eigenvalue weighted by atomic mass is 19.1. The first-order valence-electron chi connectivity index (χ1n) is 6.42. The van der Waals surface area contributed by atoms with Crippen LogP contribution >= 0.6 is 0 Å². The number of hydrogen-bond acceptors (Lipinski definition) is 5. The zero-order valence-corrected chi connectivity index (χ0v) is 10.7. The molecular weight excluding hydrogens is 233 g/mol. The van der Waals surface area contributed by atoms with Crippen LogP contribution in [0.15, 0.2) is 6.20 Å². The van der Waals surface area contributed by atoms with Crippen molar-refractivity contribution in [3.8, 4) is 0 Å². The zero-order valence-electron chi connectivity index (χ0n) is 10.7. The van der Waals surface area contributed by atoms with Gasteiger partial charge in [-0.1, -0.05) is 6.42 Å². The second-order valence-electron chi connectivity index (χ2n) is 4.83. The molecule has 0 amide bonds. The maximum Gasteiger partial charge on any atom is 0.222 e. The van der Waals surface area contributed by atoms with Gasteiger partial charge in [-0.25, -0.2) is 9.37 Å². The molecule has 0 spiro atoms. The molecule has 0 bridgehead atoms. The van der Waals surface area contributed by atoms with Crippen molar-refractivity contribution in [2.75, 3.05) is 30.7 Å². The zero-order chi connectivity index (χ0) is 13.0. The molecular formula is C12H20FN5. The molecule has 100 valence electrons. The first kappa shape index (κ1) is 13.0. The molecule has 1 aliphatic rings. The number of piperidine rings is 1. The van der Waals surface area contributed by atoms with Crippen LogP contribution in [0, 0.1) is 5.82 Å². The molecule has 1 aromatic heterocycles. The molecule has 0 radical (unpaired) electrons. The number of aromatic nitrogens is 2. The lowest BCUT2D eigenvalue weighted by molar-refractivity contribution is 0.223. The molecule has 1 aliphatic heterocycles. The van der Waals surface area contributed by atoms with E-state index in [9.17, 15) is 4.39 Å². The Hall–Kier alpha value is -1.43. The fraction of sp³-hybridized carbons (Fsp3) is 0.667. The fourth-order valence-corrected chi connectivity index (χ4v) is 2.29. The minimum atomic E-state index is -0.463. The molecule has 5 nitrogen and oxygen atoms in total. The maximum atomic E-state index is 13.5. The lowest BCUT2D eigenvalue weighted by Gasteiger charge is -2.29. The molecule has 2 heterocycles. The van der Waals surface area contributed by atoms with Gasteiger partial charge in [0.2, 0.25) is 5.95 Å². The molecule has 2 rings (SSSR count). The molecule has 1 saturated heterocycles. The number of hydrogen-bond donors (Lipinski definition) is 2. The van der Waals surface area contributed by atoms with E-state index in [0.717, 1.165) is 25.8 Å². The van der Waals surface area contributed by atoms with E-state index in [-0.39, 0.29) is 17.8 Å². The van der Waals surface area contributed by atoms with Crippen LogP contribution < -0.4 is 11.1 Å². The highest BCUT2D eigenvalue weighted by molar-refractivity contribution is 5.39. The summed E-state index contributed by atoms with van der Waals surface area (Å²) in [5, 5.41) is 3.05. The summed E-state index contributed by atoms with van der Waals surface area (Å²) in [5.41, 5.74) is 5.45. The molecule has 0 aromatic carbocycles. The van der Waals surface area contributed by atoms with Crippen LogP contribution in [0.4, 0.5) is 16.2 Å². The Labute approximate surface area is 107 Å². The smallest absolute Gasteiger partial charge is 0.222 e. The first-order valence-corrected chi connectivity index (χ1v) is 6.42. The van der Waals surface area contributed by atoms with Crippen LogP contribution in [0.2, 0.25) is 0 Å². The van der Waals surface area contributed by atoms with Gasteiger partial charge in [0.25, 0.3) is 0 Å². The number of nitrogens with two attached hydrogens (primary N) is 1. The Balaban J connectivity index is 1.89. The van der Waals surface area contributed by atoms with Gasteiger partial charge in [0.1, 0.15) is 0 Å². The average molecular weight is 253 g/mol. The van der Waals surface area contributed by atoms with E-state index in [1.165, 1.54) is 19.3 Å². The van der Waals surface area contributed by atoms with Gasteiger partial charge in [-0.05, 0) is 32.9 Å². The minimum Gasteiger partial charge on any atom is -0.368 e. The molecule has 0 aliphatic carbocycles. The van der Waals surface area contributed by atoms with Crippen LogP contribution in [-0.2, 0) is 0 Å². The summed E-state index contributed by atoms with van der Waals surface area (Å²) in [6, 6.07) is 0.131. The molecule has 3 N–H and O–H groups in total. The number of halogens is 1. The Morgan fingerprint density at radius 3 is 2.89 bits per heavy atom. The number of nitrogens with one attached hydrogen (secondary N) is 1. The highest BCUT2D eigenvalue weighted by Crippen LogP contribution is 2.13. The Morgan fingerprint density at radius 1 is 1.44 bits per heavy atom. The van der Waals surface area contributed by atoms with Crippen molar-refractivity contribution in [1.82, 2.24) is 14.9 Å². The Kier molecular flexibility index (Phi) is 4.30. The van der Waals surface area contributed by atoms with E-state index in [2.05, 4.69) is 20.2 Å². The fourth-order valence-electron chi connectivity index (χ4n) is 2.29. The third kappa shape index (κ3) is 3.53. The Morgan fingerprint density at radius 2 is 2.17 bits per heavy atom. The number of likely N-dealkylation sites (tertiary alicyclic amines) is 1. The van der Waals surface area contributed by atoms with Crippen LogP contribution in [0.5, 0.6) is 0 Å². The topological polar surface area (TPSA) is 67.1 Å². The molecule has 1 unspecified atom stereocenters. The molecule has 1 fully saturated rings. The third-order valence-corrected chi connectivity index (χ3v) is 3.13. The molecule has 18 heavy (non-hydrogen) atoms. The van der Waals surface area contributed by atoms with E-state index in [1.54, 1.807) is 0 Å². The SMILES string of the molecule is CC(CN1CCCCC1)Nc1nc(N)ncc1F. The van der Waals surface area contributed by atoms with Crippen LogP contribution in [0.3, 0.4) is 0 Å². The Bertz CT molecular complexity index is 392. The minimum absolute atomic E-state index is 0.0871. The second-order valence-corrected chi connectivity index (χ2v) is 4.83. The molecule has 0 saturated carbocycles. The normalized spacial score (nSPS) is 18.6. The molecule has 1 atom stereocenters. The van der Waals surface area contributed by atoms with E-state index in [0.29, 0.717) is 0 Å². The summed E-state index contributed by atoms with van der Waals surface area (Å²) in [5.74, 6) is -0.189. The van der Waals surface area contributed by atoms with E-state index >= 15 is 0 Å². The van der Waals surface area contributed by atoms with Gasteiger partial charge in [0, 0.05) is 12.6 Å². The van der Waals surface area contributed by atoms with Crippen molar-refractivity contribution in [3.05, 3.63) is 12.0 Å². The summed E-state index contributed by atoms with van der Waals surface area (Å²) < 4.78 is 13.5. The van der Waals surface area contributed by atoms with Gasteiger partial charge < -0.3 is 16.0 Å². The first-order chi connectivity index (χ1) is 8.65. The van der Waals surface area contributed by atoms with Crippen molar-refractivity contribution < 1.29 is 4.39 Å². The summed E-state index contributed by atoms with van der Waals surface area (Å²) in [4.78, 5) is 9.86. The third-order valence-electron chi connectivity index (χ3n) is 3.13. The molecule has 6 heteroatoms. The van der Waals surface area contributed by atoms with Crippen LogP contribution in [-0.4, -0.2) is 40.5 Å².